The SMILES string of the molecule is COCCn1c(Cc2cc(F)c(-c3cccc(=O)[nH]3)cc2F)nc2ccc(C(=O)OC(C)(C)C)cc21. The number of fused-ring (bicyclic) bond motifs is 1. The van der Waals surface area contributed by atoms with E-state index in [0.717, 1.165) is 12.1 Å². The second kappa shape index (κ2) is 10.0. The van der Waals surface area contributed by atoms with E-state index in [1.165, 1.54) is 18.2 Å². The predicted octanol–water partition coefficient (Wildman–Crippen LogP) is 4.86. The molecule has 0 bridgehead atoms. The Balaban J connectivity index is 1.72. The van der Waals surface area contributed by atoms with Gasteiger partial charge in [0.15, 0.2) is 0 Å². The van der Waals surface area contributed by atoms with Gasteiger partial charge in [0.05, 0.1) is 28.9 Å². The number of benzene rings is 2. The van der Waals surface area contributed by atoms with Gasteiger partial charge in [0.25, 0.3) is 0 Å². The molecule has 1 N–H and O–H groups in total. The highest BCUT2D eigenvalue weighted by atomic mass is 19.1. The standard InChI is InChI=1S/C27H27F2N3O4/c1-27(2,3)36-26(34)16-8-9-22-23(13-16)32(10-11-35-4)24(30-22)14-17-12-20(29)18(15-19(17)28)21-6-5-7-25(33)31-21/h5-9,12-13,15H,10-11,14H2,1-4H3,(H,31,33). The quantitative estimate of drug-likeness (QED) is 0.370. The maximum Gasteiger partial charge on any atom is 0.338 e. The number of hydrogen-bond acceptors (Lipinski definition) is 5. The lowest BCUT2D eigenvalue weighted by Gasteiger charge is -2.19. The Morgan fingerprint density at radius 1 is 1.08 bits per heavy atom. The van der Waals surface area contributed by atoms with Crippen molar-refractivity contribution in [1.29, 1.82) is 0 Å². The Kier molecular flexibility index (Phi) is 7.03. The van der Waals surface area contributed by atoms with Crippen molar-refractivity contribution in [2.24, 2.45) is 0 Å². The monoisotopic (exact) mass is 495 g/mol. The summed E-state index contributed by atoms with van der Waals surface area (Å²) in [5, 5.41) is 0. The zero-order chi connectivity index (χ0) is 26.0. The molecule has 0 saturated heterocycles. The number of ether oxygens (including phenoxy) is 2. The lowest BCUT2D eigenvalue weighted by Crippen LogP contribution is -2.23. The third-order valence-corrected chi connectivity index (χ3v) is 5.52. The zero-order valence-corrected chi connectivity index (χ0v) is 20.5. The van der Waals surface area contributed by atoms with Gasteiger partial charge in [-0.05, 0) is 62.7 Å². The van der Waals surface area contributed by atoms with E-state index in [4.69, 9.17) is 9.47 Å². The van der Waals surface area contributed by atoms with Crippen LogP contribution in [0.3, 0.4) is 0 Å². The first kappa shape index (κ1) is 25.2. The Bertz CT molecular complexity index is 1480. The number of hydrogen-bond donors (Lipinski definition) is 1. The van der Waals surface area contributed by atoms with Gasteiger partial charge in [-0.1, -0.05) is 6.07 Å². The van der Waals surface area contributed by atoms with Crippen LogP contribution >= 0.6 is 0 Å². The number of halogens is 2. The molecule has 188 valence electrons. The maximum absolute atomic E-state index is 15.1. The molecule has 0 aliphatic rings. The molecule has 0 aliphatic heterocycles. The van der Waals surface area contributed by atoms with Gasteiger partial charge in [0, 0.05) is 31.7 Å². The number of carbonyl (C=O) groups is 1. The number of methoxy groups -OCH3 is 1. The molecule has 2 aromatic heterocycles. The van der Waals surface area contributed by atoms with Gasteiger partial charge < -0.3 is 19.0 Å². The minimum Gasteiger partial charge on any atom is -0.456 e. The van der Waals surface area contributed by atoms with E-state index in [9.17, 15) is 14.0 Å². The highest BCUT2D eigenvalue weighted by molar-refractivity contribution is 5.94. The predicted molar refractivity (Wildman–Crippen MR) is 132 cm³/mol. The molecule has 4 rings (SSSR count). The van der Waals surface area contributed by atoms with Gasteiger partial charge in [0.1, 0.15) is 23.1 Å². The van der Waals surface area contributed by atoms with Crippen LogP contribution in [0.2, 0.25) is 0 Å². The van der Waals surface area contributed by atoms with Crippen molar-refractivity contribution in [2.75, 3.05) is 13.7 Å². The van der Waals surface area contributed by atoms with Gasteiger partial charge in [0.2, 0.25) is 5.56 Å². The van der Waals surface area contributed by atoms with Gasteiger partial charge in [-0.25, -0.2) is 18.6 Å². The van der Waals surface area contributed by atoms with Crippen molar-refractivity contribution in [3.8, 4) is 11.3 Å². The first-order valence-electron chi connectivity index (χ1n) is 11.4. The Labute approximate surface area is 206 Å². The van der Waals surface area contributed by atoms with Crippen LogP contribution in [0.5, 0.6) is 0 Å². The number of pyridine rings is 1. The fourth-order valence-corrected chi connectivity index (χ4v) is 3.91. The first-order valence-corrected chi connectivity index (χ1v) is 11.4. The fraction of sp³-hybridized carbons (Fsp3) is 0.296. The zero-order valence-electron chi connectivity index (χ0n) is 20.5. The Morgan fingerprint density at radius 2 is 1.86 bits per heavy atom. The normalized spacial score (nSPS) is 11.7. The van der Waals surface area contributed by atoms with Crippen molar-refractivity contribution in [3.63, 3.8) is 0 Å². The summed E-state index contributed by atoms with van der Waals surface area (Å²) in [6, 6.07) is 11.5. The highest BCUT2D eigenvalue weighted by Crippen LogP contribution is 2.27. The van der Waals surface area contributed by atoms with Crippen molar-refractivity contribution >= 4 is 17.0 Å². The topological polar surface area (TPSA) is 86.2 Å². The van der Waals surface area contributed by atoms with Gasteiger partial charge in [-0.3, -0.25) is 4.79 Å². The third kappa shape index (κ3) is 5.52. The molecule has 2 heterocycles. The number of carbonyl (C=O) groups excluding carboxylic acids is 1. The second-order valence-corrected chi connectivity index (χ2v) is 9.41. The van der Waals surface area contributed by atoms with E-state index >= 15 is 4.39 Å². The number of rotatable bonds is 7. The van der Waals surface area contributed by atoms with Crippen molar-refractivity contribution < 1.29 is 23.0 Å². The molecule has 0 amide bonds. The van der Waals surface area contributed by atoms with Crippen LogP contribution in [-0.2, 0) is 22.4 Å². The molecule has 2 aromatic carbocycles. The number of imidazole rings is 1. The number of nitrogens with one attached hydrogen (secondary N) is 1. The van der Waals surface area contributed by atoms with Crippen LogP contribution in [0.15, 0.2) is 53.3 Å². The molecular formula is C27H27F2N3O4. The van der Waals surface area contributed by atoms with E-state index in [0.29, 0.717) is 35.6 Å². The average Bonchev–Trinajstić information content (AvgIpc) is 3.14. The lowest BCUT2D eigenvalue weighted by atomic mass is 10.0. The molecule has 0 unspecified atom stereocenters. The smallest absolute Gasteiger partial charge is 0.338 e. The van der Waals surface area contributed by atoms with Gasteiger partial charge in [-0.2, -0.15) is 0 Å². The molecule has 0 spiro atoms. The Morgan fingerprint density at radius 3 is 2.56 bits per heavy atom. The highest BCUT2D eigenvalue weighted by Gasteiger charge is 2.21. The Hall–Kier alpha value is -3.85. The summed E-state index contributed by atoms with van der Waals surface area (Å²) in [6.07, 6.45) is 0.00844. The summed E-state index contributed by atoms with van der Waals surface area (Å²) >= 11 is 0. The molecule has 0 fully saturated rings. The molecule has 0 radical (unpaired) electrons. The minimum atomic E-state index is -0.667. The summed E-state index contributed by atoms with van der Waals surface area (Å²) in [4.78, 5) is 31.3. The molecule has 0 aliphatic carbocycles. The van der Waals surface area contributed by atoms with Crippen LogP contribution < -0.4 is 5.56 Å². The van der Waals surface area contributed by atoms with Crippen LogP contribution in [0.4, 0.5) is 8.78 Å². The number of H-pyrrole nitrogens is 1. The molecular weight excluding hydrogens is 468 g/mol. The van der Waals surface area contributed by atoms with Crippen LogP contribution in [0.25, 0.3) is 22.3 Å². The fourth-order valence-electron chi connectivity index (χ4n) is 3.91. The lowest BCUT2D eigenvalue weighted by molar-refractivity contribution is 0.00696. The first-order chi connectivity index (χ1) is 17.1. The van der Waals surface area contributed by atoms with E-state index in [1.54, 1.807) is 46.1 Å². The second-order valence-electron chi connectivity index (χ2n) is 9.41. The molecule has 36 heavy (non-hydrogen) atoms. The van der Waals surface area contributed by atoms with Crippen molar-refractivity contribution in [1.82, 2.24) is 14.5 Å². The number of esters is 1. The van der Waals surface area contributed by atoms with Crippen LogP contribution in [0, 0.1) is 11.6 Å². The number of nitrogens with zero attached hydrogens (tertiary/aromatic N) is 2. The van der Waals surface area contributed by atoms with Crippen LogP contribution in [0.1, 0.15) is 42.5 Å². The minimum absolute atomic E-state index is 0.00844. The van der Waals surface area contributed by atoms with Gasteiger partial charge >= 0.3 is 5.97 Å². The van der Waals surface area contributed by atoms with E-state index < -0.39 is 28.8 Å². The summed E-state index contributed by atoms with van der Waals surface area (Å²) < 4.78 is 42.6. The van der Waals surface area contributed by atoms with E-state index in [-0.39, 0.29) is 23.2 Å². The third-order valence-electron chi connectivity index (χ3n) is 5.52. The molecule has 4 aromatic rings. The summed E-state index contributed by atoms with van der Waals surface area (Å²) in [6.45, 7) is 6.12. The number of aromatic amines is 1. The molecule has 0 atom stereocenters. The van der Waals surface area contributed by atoms with E-state index in [2.05, 4.69) is 9.97 Å². The summed E-state index contributed by atoms with van der Waals surface area (Å²) in [7, 11) is 1.56. The van der Waals surface area contributed by atoms with Crippen molar-refractivity contribution in [3.05, 3.63) is 87.5 Å². The van der Waals surface area contributed by atoms with E-state index in [1.807, 2.05) is 4.57 Å². The number of aromatic nitrogens is 3. The maximum atomic E-state index is 15.1. The average molecular weight is 496 g/mol. The van der Waals surface area contributed by atoms with Crippen molar-refractivity contribution in [2.45, 2.75) is 39.3 Å². The van der Waals surface area contributed by atoms with Gasteiger partial charge in [-0.15, -0.1) is 0 Å². The summed E-state index contributed by atoms with van der Waals surface area (Å²) in [5.74, 6) is -1.27. The summed E-state index contributed by atoms with van der Waals surface area (Å²) in [5.41, 5.74) is 0.827. The molecule has 0 saturated carbocycles. The molecule has 7 nitrogen and oxygen atoms in total. The van der Waals surface area contributed by atoms with Crippen LogP contribution in [-0.4, -0.2) is 39.8 Å². The largest absolute Gasteiger partial charge is 0.456 e. The molecule has 9 heteroatoms.